The molecule has 1 atom stereocenters. The first-order chi connectivity index (χ1) is 10.0. The Balaban J connectivity index is 2.41. The number of nitrogens with zero attached hydrogens (tertiary/aromatic N) is 1. The van der Waals surface area contributed by atoms with Crippen molar-refractivity contribution in [3.05, 3.63) is 40.5 Å². The van der Waals surface area contributed by atoms with Crippen LogP contribution in [0, 0.1) is 6.92 Å². The van der Waals surface area contributed by atoms with E-state index in [0.717, 1.165) is 0 Å². The van der Waals surface area contributed by atoms with Crippen molar-refractivity contribution >= 4 is 11.9 Å². The smallest absolute Gasteiger partial charge is 0.0294 e. The molecule has 2 heteroatoms. The van der Waals surface area contributed by atoms with Crippen LogP contribution in [0.15, 0.2) is 28.7 Å². The molecule has 0 heterocycles. The predicted octanol–water partition coefficient (Wildman–Crippen LogP) is 5.73. The summed E-state index contributed by atoms with van der Waals surface area (Å²) in [4.78, 5) is 1.48. The molecule has 1 unspecified atom stereocenters. The van der Waals surface area contributed by atoms with E-state index in [1.165, 1.54) is 48.1 Å². The quantitative estimate of drug-likeness (QED) is 0.505. The molecule has 1 aromatic carbocycles. The van der Waals surface area contributed by atoms with Gasteiger partial charge in [-0.2, -0.15) is 0 Å². The molecule has 1 nitrogen and oxygen atoms in total. The van der Waals surface area contributed by atoms with Crippen molar-refractivity contribution < 1.29 is 0 Å². The highest BCUT2D eigenvalue weighted by Crippen LogP contribution is 2.38. The fourth-order valence-electron chi connectivity index (χ4n) is 3.30. The molecule has 0 spiro atoms. The van der Waals surface area contributed by atoms with Gasteiger partial charge in [-0.15, -0.1) is 0 Å². The van der Waals surface area contributed by atoms with Gasteiger partial charge in [0.05, 0.1) is 0 Å². The molecule has 0 radical (unpaired) electrons. The molecule has 1 aliphatic rings. The average molecular weight is 304 g/mol. The fraction of sp³-hybridized carbons (Fsp3) is 0.579. The standard InChI is InChI=1S/C19H29NS/c1-6-8-16-11-12-18(15(3)19(16)21-20(4)5)17-10-7-9-14(2)13-17/h11-13,17H,6-10H2,1-5H3. The van der Waals surface area contributed by atoms with Gasteiger partial charge < -0.3 is 0 Å². The Morgan fingerprint density at radius 2 is 2.00 bits per heavy atom. The van der Waals surface area contributed by atoms with Crippen LogP contribution in [0.25, 0.3) is 0 Å². The summed E-state index contributed by atoms with van der Waals surface area (Å²) in [6, 6.07) is 4.76. The van der Waals surface area contributed by atoms with Gasteiger partial charge in [0.15, 0.2) is 0 Å². The molecule has 2 rings (SSSR count). The lowest BCUT2D eigenvalue weighted by molar-refractivity contribution is 0.628. The minimum Gasteiger partial charge on any atom is -0.253 e. The van der Waals surface area contributed by atoms with Crippen molar-refractivity contribution in [2.75, 3.05) is 14.1 Å². The van der Waals surface area contributed by atoms with Crippen LogP contribution in [-0.2, 0) is 6.42 Å². The molecule has 0 saturated heterocycles. The Morgan fingerprint density at radius 3 is 2.62 bits per heavy atom. The van der Waals surface area contributed by atoms with Crippen molar-refractivity contribution in [3.8, 4) is 0 Å². The molecule has 1 aromatic rings. The number of aryl methyl sites for hydroxylation is 1. The lowest BCUT2D eigenvalue weighted by atomic mass is 9.83. The van der Waals surface area contributed by atoms with Gasteiger partial charge in [-0.05, 0) is 82.3 Å². The zero-order valence-corrected chi connectivity index (χ0v) is 15.0. The third-order valence-electron chi connectivity index (χ3n) is 4.29. The second kappa shape index (κ2) is 7.51. The minimum atomic E-state index is 0.621. The Morgan fingerprint density at radius 1 is 1.24 bits per heavy atom. The van der Waals surface area contributed by atoms with Crippen LogP contribution in [0.5, 0.6) is 0 Å². The van der Waals surface area contributed by atoms with Crippen LogP contribution in [0.1, 0.15) is 62.1 Å². The number of benzene rings is 1. The van der Waals surface area contributed by atoms with Crippen LogP contribution in [0.4, 0.5) is 0 Å². The summed E-state index contributed by atoms with van der Waals surface area (Å²) in [5, 5.41) is 0. The van der Waals surface area contributed by atoms with Gasteiger partial charge in [0, 0.05) is 10.8 Å². The van der Waals surface area contributed by atoms with Gasteiger partial charge in [-0.3, -0.25) is 4.31 Å². The zero-order valence-electron chi connectivity index (χ0n) is 14.2. The number of hydrogen-bond acceptors (Lipinski definition) is 2. The molecule has 1 aliphatic carbocycles. The third-order valence-corrected chi connectivity index (χ3v) is 5.41. The lowest BCUT2D eigenvalue weighted by Gasteiger charge is -2.25. The molecule has 0 saturated carbocycles. The Hall–Kier alpha value is -0.730. The van der Waals surface area contributed by atoms with E-state index in [4.69, 9.17) is 0 Å². The van der Waals surface area contributed by atoms with E-state index in [0.29, 0.717) is 5.92 Å². The molecule has 0 aliphatic heterocycles. The summed E-state index contributed by atoms with van der Waals surface area (Å²) in [6.45, 7) is 6.86. The monoisotopic (exact) mass is 303 g/mol. The first-order valence-electron chi connectivity index (χ1n) is 8.17. The normalized spacial score (nSPS) is 19.0. The van der Waals surface area contributed by atoms with Gasteiger partial charge in [-0.1, -0.05) is 37.1 Å². The fourth-order valence-corrected chi connectivity index (χ4v) is 4.20. The SMILES string of the molecule is CCCc1ccc(C2C=C(C)CCC2)c(C)c1SN(C)C. The van der Waals surface area contributed by atoms with Crippen LogP contribution in [0.2, 0.25) is 0 Å². The topological polar surface area (TPSA) is 3.24 Å². The molecule has 0 N–H and O–H groups in total. The molecule has 0 fully saturated rings. The molecule has 0 amide bonds. The minimum absolute atomic E-state index is 0.621. The van der Waals surface area contributed by atoms with Gasteiger partial charge in [0.25, 0.3) is 0 Å². The second-order valence-electron chi connectivity index (χ2n) is 6.43. The molecule has 0 bridgehead atoms. The number of hydrogen-bond donors (Lipinski definition) is 0. The molecule has 0 aromatic heterocycles. The molecular weight excluding hydrogens is 274 g/mol. The van der Waals surface area contributed by atoms with Crippen molar-refractivity contribution in [2.45, 2.75) is 63.7 Å². The average Bonchev–Trinajstić information content (AvgIpc) is 2.43. The van der Waals surface area contributed by atoms with E-state index in [9.17, 15) is 0 Å². The second-order valence-corrected chi connectivity index (χ2v) is 7.75. The first kappa shape index (κ1) is 16.6. The highest BCUT2D eigenvalue weighted by molar-refractivity contribution is 7.97. The largest absolute Gasteiger partial charge is 0.253 e. The van der Waals surface area contributed by atoms with Crippen LogP contribution >= 0.6 is 11.9 Å². The van der Waals surface area contributed by atoms with Gasteiger partial charge >= 0.3 is 0 Å². The molecule has 116 valence electrons. The Kier molecular flexibility index (Phi) is 5.95. The van der Waals surface area contributed by atoms with Crippen LogP contribution < -0.4 is 0 Å². The molecular formula is C19H29NS. The molecule has 21 heavy (non-hydrogen) atoms. The van der Waals surface area contributed by atoms with Crippen molar-refractivity contribution in [3.63, 3.8) is 0 Å². The van der Waals surface area contributed by atoms with E-state index >= 15 is 0 Å². The highest BCUT2D eigenvalue weighted by atomic mass is 32.2. The van der Waals surface area contributed by atoms with E-state index in [-0.39, 0.29) is 0 Å². The maximum absolute atomic E-state index is 2.50. The van der Waals surface area contributed by atoms with Crippen molar-refractivity contribution in [1.82, 2.24) is 4.31 Å². The summed E-state index contributed by atoms with van der Waals surface area (Å²) >= 11 is 1.88. The Labute approximate surface area is 134 Å². The van der Waals surface area contributed by atoms with Crippen molar-refractivity contribution in [2.24, 2.45) is 0 Å². The highest BCUT2D eigenvalue weighted by Gasteiger charge is 2.19. The van der Waals surface area contributed by atoms with Gasteiger partial charge in [-0.25, -0.2) is 0 Å². The maximum Gasteiger partial charge on any atom is 0.0294 e. The summed E-state index contributed by atoms with van der Waals surface area (Å²) < 4.78 is 2.22. The van der Waals surface area contributed by atoms with Gasteiger partial charge in [0.2, 0.25) is 0 Å². The summed E-state index contributed by atoms with van der Waals surface area (Å²) in [5.41, 5.74) is 6.10. The lowest BCUT2D eigenvalue weighted by Crippen LogP contribution is -2.08. The van der Waals surface area contributed by atoms with Crippen molar-refractivity contribution in [1.29, 1.82) is 0 Å². The third kappa shape index (κ3) is 4.14. The predicted molar refractivity (Wildman–Crippen MR) is 95.1 cm³/mol. The Bertz CT molecular complexity index is 517. The summed E-state index contributed by atoms with van der Waals surface area (Å²) in [6.07, 6.45) is 8.80. The summed E-state index contributed by atoms with van der Waals surface area (Å²) in [7, 11) is 4.27. The van der Waals surface area contributed by atoms with Crippen LogP contribution in [-0.4, -0.2) is 18.4 Å². The van der Waals surface area contributed by atoms with E-state index in [2.05, 4.69) is 57.4 Å². The maximum atomic E-state index is 2.50. The first-order valence-corrected chi connectivity index (χ1v) is 8.95. The number of allylic oxidation sites excluding steroid dienone is 2. The van der Waals surface area contributed by atoms with Gasteiger partial charge in [0.1, 0.15) is 0 Å². The van der Waals surface area contributed by atoms with E-state index in [1.54, 1.807) is 11.1 Å². The van der Waals surface area contributed by atoms with Crippen LogP contribution in [0.3, 0.4) is 0 Å². The zero-order chi connectivity index (χ0) is 15.4. The number of rotatable bonds is 5. The van der Waals surface area contributed by atoms with E-state index in [1.807, 2.05) is 11.9 Å². The summed E-state index contributed by atoms with van der Waals surface area (Å²) in [5.74, 6) is 0.621. The van der Waals surface area contributed by atoms with E-state index < -0.39 is 0 Å².